The fourth-order valence-corrected chi connectivity index (χ4v) is 4.88. The van der Waals surface area contributed by atoms with E-state index in [0.29, 0.717) is 10.1 Å². The molecule has 3 aromatic carbocycles. The molecule has 27 heavy (non-hydrogen) atoms. The summed E-state index contributed by atoms with van der Waals surface area (Å²) in [5.41, 5.74) is 0.570. The van der Waals surface area contributed by atoms with Gasteiger partial charge >= 0.3 is 10.1 Å². The smallest absolute Gasteiger partial charge is 0.339 e. The highest BCUT2D eigenvalue weighted by Gasteiger charge is 2.21. The summed E-state index contributed by atoms with van der Waals surface area (Å²) in [7, 11) is -4.15. The Morgan fingerprint density at radius 3 is 2.41 bits per heavy atom. The summed E-state index contributed by atoms with van der Waals surface area (Å²) in [6.45, 7) is 1.84. The highest BCUT2D eigenvalue weighted by atomic mass is 32.2. The van der Waals surface area contributed by atoms with Crippen LogP contribution in [0.1, 0.15) is 5.56 Å². The van der Waals surface area contributed by atoms with Crippen molar-refractivity contribution in [2.45, 2.75) is 11.8 Å². The van der Waals surface area contributed by atoms with E-state index in [-0.39, 0.29) is 27.2 Å². The fraction of sp³-hybridized carbons (Fsp3) is 0.0500. The van der Waals surface area contributed by atoms with Gasteiger partial charge in [-0.2, -0.15) is 8.42 Å². The van der Waals surface area contributed by atoms with Gasteiger partial charge in [-0.1, -0.05) is 29.8 Å². The minimum Gasteiger partial charge on any atom is -0.508 e. The van der Waals surface area contributed by atoms with Crippen molar-refractivity contribution in [3.63, 3.8) is 0 Å². The molecule has 1 aromatic heterocycles. The van der Waals surface area contributed by atoms with Crippen molar-refractivity contribution in [2.75, 3.05) is 0 Å². The van der Waals surface area contributed by atoms with Gasteiger partial charge in [0.25, 0.3) is 0 Å². The van der Waals surface area contributed by atoms with Gasteiger partial charge in [0, 0.05) is 20.9 Å². The van der Waals surface area contributed by atoms with E-state index in [2.05, 4.69) is 0 Å². The Labute approximate surface area is 159 Å². The van der Waals surface area contributed by atoms with Crippen LogP contribution in [0.5, 0.6) is 11.5 Å². The molecule has 0 saturated heterocycles. The lowest BCUT2D eigenvalue weighted by molar-refractivity contribution is 0.466. The number of aryl methyl sites for hydroxylation is 1. The standard InChI is InChI=1S/C20H14O5S2/c1-12-6-8-14(9-7-12)27(23,24)25-16-10-13(21)11-18-19(16)20(22)15-4-2-3-5-17(15)26-18/h2-11,21H,1H3. The number of hydrogen-bond donors (Lipinski definition) is 1. The topological polar surface area (TPSA) is 80.7 Å². The van der Waals surface area contributed by atoms with Crippen molar-refractivity contribution in [3.8, 4) is 11.5 Å². The summed E-state index contributed by atoms with van der Waals surface area (Å²) in [6.07, 6.45) is 0. The van der Waals surface area contributed by atoms with Gasteiger partial charge in [-0.3, -0.25) is 4.79 Å². The molecule has 0 aliphatic heterocycles. The predicted octanol–water partition coefficient (Wildman–Crippen LogP) is 4.20. The van der Waals surface area contributed by atoms with Crippen molar-refractivity contribution >= 4 is 41.6 Å². The highest BCUT2D eigenvalue weighted by Crippen LogP contribution is 2.35. The number of rotatable bonds is 3. The van der Waals surface area contributed by atoms with E-state index in [1.807, 2.05) is 13.0 Å². The quantitative estimate of drug-likeness (QED) is 0.413. The third kappa shape index (κ3) is 3.15. The van der Waals surface area contributed by atoms with Gasteiger partial charge in [0.05, 0.1) is 5.39 Å². The number of phenolic OH excluding ortho intramolecular Hbond substituents is 1. The molecule has 0 atom stereocenters. The van der Waals surface area contributed by atoms with E-state index < -0.39 is 10.1 Å². The molecule has 0 unspecified atom stereocenters. The largest absolute Gasteiger partial charge is 0.508 e. The van der Waals surface area contributed by atoms with Gasteiger partial charge in [-0.05, 0) is 37.3 Å². The Morgan fingerprint density at radius 2 is 1.67 bits per heavy atom. The molecule has 0 aliphatic carbocycles. The molecular weight excluding hydrogens is 384 g/mol. The highest BCUT2D eigenvalue weighted by molar-refractivity contribution is 7.87. The molecule has 0 amide bonds. The molecule has 136 valence electrons. The summed E-state index contributed by atoms with van der Waals surface area (Å²) in [6, 6.07) is 15.8. The van der Waals surface area contributed by atoms with Crippen molar-refractivity contribution in [3.05, 3.63) is 76.5 Å². The van der Waals surface area contributed by atoms with Crippen LogP contribution in [0.3, 0.4) is 0 Å². The summed E-state index contributed by atoms with van der Waals surface area (Å²) < 4.78 is 31.7. The maximum absolute atomic E-state index is 12.9. The van der Waals surface area contributed by atoms with Gasteiger partial charge in [0.1, 0.15) is 10.6 Å². The average Bonchev–Trinajstić information content (AvgIpc) is 2.61. The van der Waals surface area contributed by atoms with Crippen molar-refractivity contribution in [1.29, 1.82) is 0 Å². The van der Waals surface area contributed by atoms with Gasteiger partial charge in [0.2, 0.25) is 0 Å². The van der Waals surface area contributed by atoms with Gasteiger partial charge in [0.15, 0.2) is 11.2 Å². The Bertz CT molecular complexity index is 1340. The predicted molar refractivity (Wildman–Crippen MR) is 106 cm³/mol. The minimum atomic E-state index is -4.15. The van der Waals surface area contributed by atoms with Gasteiger partial charge < -0.3 is 9.29 Å². The van der Waals surface area contributed by atoms with Crippen LogP contribution in [-0.2, 0) is 10.1 Å². The number of fused-ring (bicyclic) bond motifs is 2. The van der Waals surface area contributed by atoms with Crippen LogP contribution in [-0.4, -0.2) is 13.5 Å². The van der Waals surface area contributed by atoms with Gasteiger partial charge in [-0.25, -0.2) is 0 Å². The normalized spacial score (nSPS) is 11.7. The zero-order valence-corrected chi connectivity index (χ0v) is 15.8. The van der Waals surface area contributed by atoms with E-state index in [1.165, 1.54) is 29.5 Å². The Balaban J connectivity index is 1.95. The molecule has 1 heterocycles. The zero-order chi connectivity index (χ0) is 19.2. The summed E-state index contributed by atoms with van der Waals surface area (Å²) in [4.78, 5) is 12.9. The average molecular weight is 398 g/mol. The monoisotopic (exact) mass is 398 g/mol. The number of hydrogen-bond acceptors (Lipinski definition) is 6. The second-order valence-electron chi connectivity index (χ2n) is 6.09. The maximum atomic E-state index is 12.9. The lowest BCUT2D eigenvalue weighted by atomic mass is 10.1. The third-order valence-corrected chi connectivity index (χ3v) is 6.50. The summed E-state index contributed by atoms with van der Waals surface area (Å²) in [5.74, 6) is -0.361. The first-order chi connectivity index (χ1) is 12.8. The van der Waals surface area contributed by atoms with E-state index in [1.54, 1.807) is 30.3 Å². The van der Waals surface area contributed by atoms with Crippen molar-refractivity contribution in [2.24, 2.45) is 0 Å². The molecule has 0 radical (unpaired) electrons. The van der Waals surface area contributed by atoms with E-state index in [9.17, 15) is 18.3 Å². The SMILES string of the molecule is Cc1ccc(S(=O)(=O)Oc2cc(O)cc3sc4ccccc4c(=O)c23)cc1. The summed E-state index contributed by atoms with van der Waals surface area (Å²) in [5, 5.41) is 10.6. The Kier molecular flexibility index (Phi) is 4.13. The van der Waals surface area contributed by atoms with Crippen LogP contribution >= 0.6 is 11.3 Å². The van der Waals surface area contributed by atoms with Crippen LogP contribution in [0, 0.1) is 6.92 Å². The lowest BCUT2D eigenvalue weighted by Crippen LogP contribution is -2.12. The molecule has 0 spiro atoms. The molecule has 7 heteroatoms. The molecule has 4 rings (SSSR count). The second kappa shape index (κ2) is 6.37. The molecule has 4 aromatic rings. The van der Waals surface area contributed by atoms with Crippen LogP contribution in [0.15, 0.2) is 70.4 Å². The van der Waals surface area contributed by atoms with E-state index in [0.717, 1.165) is 16.3 Å². The maximum Gasteiger partial charge on any atom is 0.339 e. The molecule has 0 fully saturated rings. The molecule has 5 nitrogen and oxygen atoms in total. The number of phenols is 1. The Hall–Kier alpha value is -2.90. The van der Waals surface area contributed by atoms with Crippen molar-refractivity contribution in [1.82, 2.24) is 0 Å². The van der Waals surface area contributed by atoms with Crippen molar-refractivity contribution < 1.29 is 17.7 Å². The molecule has 1 N–H and O–H groups in total. The third-order valence-electron chi connectivity index (χ3n) is 4.14. The summed E-state index contributed by atoms with van der Waals surface area (Å²) >= 11 is 1.28. The molecular formula is C20H14O5S2. The lowest BCUT2D eigenvalue weighted by Gasteiger charge is -2.11. The van der Waals surface area contributed by atoms with Crippen LogP contribution in [0.25, 0.3) is 20.2 Å². The Morgan fingerprint density at radius 1 is 0.963 bits per heavy atom. The van der Waals surface area contributed by atoms with Crippen LogP contribution in [0.4, 0.5) is 0 Å². The van der Waals surface area contributed by atoms with E-state index >= 15 is 0 Å². The first-order valence-corrected chi connectivity index (χ1v) is 10.3. The minimum absolute atomic E-state index is 0.0264. The molecule has 0 saturated carbocycles. The van der Waals surface area contributed by atoms with Crippen LogP contribution < -0.4 is 9.61 Å². The molecule has 0 aliphatic rings. The zero-order valence-electron chi connectivity index (χ0n) is 14.2. The second-order valence-corrected chi connectivity index (χ2v) is 8.72. The first-order valence-electron chi connectivity index (χ1n) is 8.05. The van der Waals surface area contributed by atoms with E-state index in [4.69, 9.17) is 4.18 Å². The fourth-order valence-electron chi connectivity index (χ4n) is 2.81. The molecule has 0 bridgehead atoms. The number of aromatic hydroxyl groups is 1. The van der Waals surface area contributed by atoms with Crippen LogP contribution in [0.2, 0.25) is 0 Å². The first kappa shape index (κ1) is 17.5. The number of benzene rings is 3. The van der Waals surface area contributed by atoms with Gasteiger partial charge in [-0.15, -0.1) is 11.3 Å².